The Hall–Kier alpha value is -1.60. The second-order valence-electron chi connectivity index (χ2n) is 17.0. The van der Waals surface area contributed by atoms with Crippen molar-refractivity contribution in [2.75, 3.05) is 39.4 Å². The monoisotopic (exact) mass is 642 g/mol. The molecule has 4 aliphatic carbocycles. The summed E-state index contributed by atoms with van der Waals surface area (Å²) in [5, 5.41) is 6.00. The minimum atomic E-state index is -0.392. The fourth-order valence-electron chi connectivity index (χ4n) is 10.8. The topological polar surface area (TPSA) is 79.9 Å². The number of morpholine rings is 1. The molecule has 0 bridgehead atoms. The third-order valence-corrected chi connectivity index (χ3v) is 13.9. The number of rotatable bonds is 12. The maximum absolute atomic E-state index is 13.0. The molecule has 10 atom stereocenters. The standard InChI is InChI=1S/C39H67N3O4/c1-26(2)9-8-10-27(3)33-13-14-34-32-12-11-30-25-31(15-17-38(30,6)35(32)16-18-39(33,34)7)46-37(44)41-29(5)28(4)36(43)40-19-20-42-21-23-45-24-22-42/h11,26-29,31-35H,8-10,12-25H2,1-7H3,(H,40,43)(H,41,44)/t27-,28?,29?,31?,32?,33-,34?,35?,38+,39-/m1/s1. The summed E-state index contributed by atoms with van der Waals surface area (Å²) in [5.41, 5.74) is 2.29. The normalized spacial score (nSPS) is 36.4. The first-order chi connectivity index (χ1) is 21.9. The number of amides is 2. The molecule has 2 N–H and O–H groups in total. The lowest BCUT2D eigenvalue weighted by Gasteiger charge is -2.58. The molecule has 0 aromatic rings. The molecular weight excluding hydrogens is 574 g/mol. The van der Waals surface area contributed by atoms with Gasteiger partial charge in [-0.15, -0.1) is 0 Å². The highest BCUT2D eigenvalue weighted by molar-refractivity contribution is 5.80. The van der Waals surface area contributed by atoms with E-state index in [0.29, 0.717) is 12.0 Å². The zero-order chi connectivity index (χ0) is 33.1. The number of carbonyl (C=O) groups is 2. The summed E-state index contributed by atoms with van der Waals surface area (Å²) in [4.78, 5) is 28.0. The Kier molecular flexibility index (Phi) is 11.9. The number of allylic oxidation sites excluding steroid dienone is 1. The number of ether oxygens (including phenoxy) is 2. The highest BCUT2D eigenvalue weighted by Gasteiger charge is 2.59. The maximum atomic E-state index is 13.0. The number of nitrogens with one attached hydrogen (secondary N) is 2. The number of carbonyl (C=O) groups excluding carboxylic acids is 2. The third kappa shape index (κ3) is 7.82. The average Bonchev–Trinajstić information content (AvgIpc) is 3.38. The van der Waals surface area contributed by atoms with Crippen LogP contribution in [0.3, 0.4) is 0 Å². The smallest absolute Gasteiger partial charge is 0.407 e. The molecular formula is C39H67N3O4. The summed E-state index contributed by atoms with van der Waals surface area (Å²) in [6.07, 6.45) is 15.9. The molecule has 7 nitrogen and oxygen atoms in total. The number of fused-ring (bicyclic) bond motifs is 5. The highest BCUT2D eigenvalue weighted by atomic mass is 16.6. The van der Waals surface area contributed by atoms with E-state index in [4.69, 9.17) is 9.47 Å². The summed E-state index contributed by atoms with van der Waals surface area (Å²) in [5.74, 6) is 4.61. The van der Waals surface area contributed by atoms with Crippen LogP contribution >= 0.6 is 0 Å². The van der Waals surface area contributed by atoms with Crippen molar-refractivity contribution in [1.82, 2.24) is 15.5 Å². The summed E-state index contributed by atoms with van der Waals surface area (Å²) in [7, 11) is 0. The van der Waals surface area contributed by atoms with Gasteiger partial charge in [-0.3, -0.25) is 9.69 Å². The van der Waals surface area contributed by atoms with Crippen LogP contribution in [0.2, 0.25) is 0 Å². The van der Waals surface area contributed by atoms with Crippen molar-refractivity contribution < 1.29 is 19.1 Å². The average molecular weight is 642 g/mol. The second kappa shape index (κ2) is 15.3. The summed E-state index contributed by atoms with van der Waals surface area (Å²) < 4.78 is 11.4. The molecule has 0 spiro atoms. The lowest BCUT2D eigenvalue weighted by Crippen LogP contribution is -2.51. The minimum absolute atomic E-state index is 0.0332. The van der Waals surface area contributed by atoms with Gasteiger partial charge in [-0.05, 0) is 98.2 Å². The number of hydrogen-bond donors (Lipinski definition) is 2. The van der Waals surface area contributed by atoms with E-state index in [1.165, 1.54) is 51.4 Å². The Balaban J connectivity index is 1.10. The van der Waals surface area contributed by atoms with Gasteiger partial charge in [-0.1, -0.05) is 72.5 Å². The first-order valence-electron chi connectivity index (χ1n) is 19.2. The molecule has 7 heteroatoms. The van der Waals surface area contributed by atoms with Gasteiger partial charge in [0.2, 0.25) is 5.91 Å². The van der Waals surface area contributed by atoms with Crippen LogP contribution in [0.4, 0.5) is 4.79 Å². The van der Waals surface area contributed by atoms with Crippen LogP contribution in [-0.2, 0) is 14.3 Å². The minimum Gasteiger partial charge on any atom is -0.446 e. The highest BCUT2D eigenvalue weighted by Crippen LogP contribution is 2.67. The Morgan fingerprint density at radius 2 is 1.76 bits per heavy atom. The van der Waals surface area contributed by atoms with E-state index in [-0.39, 0.29) is 29.4 Å². The van der Waals surface area contributed by atoms with E-state index in [0.717, 1.165) is 87.6 Å². The van der Waals surface area contributed by atoms with Crippen LogP contribution in [0.5, 0.6) is 0 Å². The maximum Gasteiger partial charge on any atom is 0.407 e. The SMILES string of the molecule is CC(C)CCC[C@@H](C)[C@H]1CCC2C3CC=C4CC(OC(=O)NC(C)C(C)C(=O)NCCN5CCOCC5)CC[C@]4(C)C3CC[C@@]21C. The predicted octanol–water partition coefficient (Wildman–Crippen LogP) is 7.60. The quantitative estimate of drug-likeness (QED) is 0.215. The second-order valence-corrected chi connectivity index (χ2v) is 17.0. The molecule has 3 saturated carbocycles. The molecule has 1 saturated heterocycles. The van der Waals surface area contributed by atoms with Crippen LogP contribution in [0.25, 0.3) is 0 Å². The number of alkyl carbamates (subject to hydrolysis) is 1. The fourth-order valence-corrected chi connectivity index (χ4v) is 10.8. The zero-order valence-corrected chi connectivity index (χ0v) is 30.4. The van der Waals surface area contributed by atoms with E-state index in [1.807, 2.05) is 13.8 Å². The largest absolute Gasteiger partial charge is 0.446 e. The van der Waals surface area contributed by atoms with Crippen LogP contribution in [0.15, 0.2) is 11.6 Å². The third-order valence-electron chi connectivity index (χ3n) is 13.9. The lowest BCUT2D eigenvalue weighted by atomic mass is 9.47. The van der Waals surface area contributed by atoms with Crippen LogP contribution < -0.4 is 10.6 Å². The molecule has 6 unspecified atom stereocenters. The molecule has 1 heterocycles. The van der Waals surface area contributed by atoms with Crippen molar-refractivity contribution in [1.29, 1.82) is 0 Å². The fraction of sp³-hybridized carbons (Fsp3) is 0.897. The number of hydrogen-bond acceptors (Lipinski definition) is 5. The lowest BCUT2D eigenvalue weighted by molar-refractivity contribution is -0.125. The van der Waals surface area contributed by atoms with Crippen molar-refractivity contribution >= 4 is 12.0 Å². The summed E-state index contributed by atoms with van der Waals surface area (Å²) in [6.45, 7) is 21.0. The first-order valence-corrected chi connectivity index (χ1v) is 19.2. The number of nitrogens with zero attached hydrogens (tertiary/aromatic N) is 1. The molecule has 5 aliphatic rings. The molecule has 4 fully saturated rings. The van der Waals surface area contributed by atoms with E-state index < -0.39 is 6.09 Å². The Labute approximate surface area is 280 Å². The van der Waals surface area contributed by atoms with E-state index in [9.17, 15) is 9.59 Å². The molecule has 262 valence electrons. The van der Waals surface area contributed by atoms with Gasteiger partial charge in [-0.25, -0.2) is 4.79 Å². The van der Waals surface area contributed by atoms with E-state index >= 15 is 0 Å². The van der Waals surface area contributed by atoms with Gasteiger partial charge in [-0.2, -0.15) is 0 Å². The summed E-state index contributed by atoms with van der Waals surface area (Å²) in [6, 6.07) is -0.302. The van der Waals surface area contributed by atoms with Gasteiger partial charge in [0.1, 0.15) is 6.10 Å². The van der Waals surface area contributed by atoms with Crippen molar-refractivity contribution in [3.05, 3.63) is 11.6 Å². The van der Waals surface area contributed by atoms with Crippen LogP contribution in [-0.4, -0.2) is 68.4 Å². The molecule has 0 radical (unpaired) electrons. The van der Waals surface area contributed by atoms with Crippen LogP contribution in [0.1, 0.15) is 119 Å². The van der Waals surface area contributed by atoms with Gasteiger partial charge in [0.05, 0.1) is 19.1 Å². The first kappa shape index (κ1) is 35.7. The van der Waals surface area contributed by atoms with Crippen molar-refractivity contribution in [3.63, 3.8) is 0 Å². The van der Waals surface area contributed by atoms with Gasteiger partial charge in [0, 0.05) is 38.6 Å². The molecule has 46 heavy (non-hydrogen) atoms. The Morgan fingerprint density at radius 1 is 1.00 bits per heavy atom. The molecule has 1 aliphatic heterocycles. The van der Waals surface area contributed by atoms with Crippen molar-refractivity contribution in [2.45, 2.75) is 131 Å². The Morgan fingerprint density at radius 3 is 2.50 bits per heavy atom. The summed E-state index contributed by atoms with van der Waals surface area (Å²) >= 11 is 0. The molecule has 0 aromatic heterocycles. The van der Waals surface area contributed by atoms with Gasteiger partial charge < -0.3 is 20.1 Å². The molecule has 2 amide bonds. The van der Waals surface area contributed by atoms with Crippen molar-refractivity contribution in [2.24, 2.45) is 52.3 Å². The van der Waals surface area contributed by atoms with Gasteiger partial charge in [0.15, 0.2) is 0 Å². The van der Waals surface area contributed by atoms with E-state index in [1.54, 1.807) is 5.57 Å². The predicted molar refractivity (Wildman–Crippen MR) is 185 cm³/mol. The van der Waals surface area contributed by atoms with Crippen LogP contribution in [0, 0.1) is 52.3 Å². The van der Waals surface area contributed by atoms with Crippen molar-refractivity contribution in [3.8, 4) is 0 Å². The van der Waals surface area contributed by atoms with Gasteiger partial charge >= 0.3 is 6.09 Å². The Bertz CT molecular complexity index is 1070. The van der Waals surface area contributed by atoms with Gasteiger partial charge in [0.25, 0.3) is 0 Å². The zero-order valence-electron chi connectivity index (χ0n) is 30.4. The van der Waals surface area contributed by atoms with E-state index in [2.05, 4.69) is 56.2 Å². The molecule has 5 rings (SSSR count). The molecule has 0 aromatic carbocycles.